The number of benzene rings is 2. The second-order valence-corrected chi connectivity index (χ2v) is 6.88. The molecule has 0 radical (unpaired) electrons. The van der Waals surface area contributed by atoms with Crippen LogP contribution in [0.5, 0.6) is 5.75 Å². The van der Waals surface area contributed by atoms with Crippen molar-refractivity contribution < 1.29 is 9.53 Å². The Morgan fingerprint density at radius 2 is 2.08 bits per heavy atom. The van der Waals surface area contributed by atoms with Crippen LogP contribution in [0, 0.1) is 6.92 Å². The highest BCUT2D eigenvalue weighted by molar-refractivity contribution is 6.31. The number of anilines is 1. The molecule has 2 N–H and O–H groups in total. The normalized spacial score (nSPS) is 17.0. The number of methoxy groups -OCH3 is 1. The fraction of sp³-hybridized carbons (Fsp3) is 0.350. The molecular formula is C20H23ClN2O2. The summed E-state index contributed by atoms with van der Waals surface area (Å²) in [6.07, 6.45) is 2.06. The van der Waals surface area contributed by atoms with Crippen molar-refractivity contribution in [3.8, 4) is 5.75 Å². The number of aryl methyl sites for hydroxylation is 2. The molecule has 0 aliphatic heterocycles. The van der Waals surface area contributed by atoms with E-state index in [2.05, 4.69) is 28.8 Å². The highest BCUT2D eigenvalue weighted by atomic mass is 35.5. The maximum Gasteiger partial charge on any atom is 0.241 e. The molecule has 2 aromatic carbocycles. The van der Waals surface area contributed by atoms with Gasteiger partial charge in [-0.05, 0) is 49.4 Å². The summed E-state index contributed by atoms with van der Waals surface area (Å²) in [4.78, 5) is 12.6. The Bertz CT molecular complexity index is 791. The molecule has 0 fully saturated rings. The van der Waals surface area contributed by atoms with E-state index in [1.807, 2.05) is 26.0 Å². The molecule has 0 bridgehead atoms. The summed E-state index contributed by atoms with van der Waals surface area (Å²) in [7, 11) is 1.56. The molecule has 0 saturated heterocycles. The Balaban J connectivity index is 1.69. The Kier molecular flexibility index (Phi) is 5.30. The standard InChI is InChI=1S/C20H23ClN2O2/c1-12-10-18(19(25-3)11-16(12)21)23-20(24)13(2)22-17-9-8-14-6-4-5-7-15(14)17/h4-7,10-11,13,17,22H,8-9H2,1-3H3,(H,23,24)/t13-,17-/m0/s1. The van der Waals surface area contributed by atoms with E-state index >= 15 is 0 Å². The molecule has 1 amide bonds. The molecule has 132 valence electrons. The molecule has 25 heavy (non-hydrogen) atoms. The number of hydrogen-bond donors (Lipinski definition) is 2. The molecule has 0 heterocycles. The SMILES string of the molecule is COc1cc(Cl)c(C)cc1NC(=O)[C@H](C)N[C@H]1CCc2ccccc21. The lowest BCUT2D eigenvalue weighted by molar-refractivity contribution is -0.118. The summed E-state index contributed by atoms with van der Waals surface area (Å²) in [5.41, 5.74) is 4.18. The van der Waals surface area contributed by atoms with Gasteiger partial charge in [-0.25, -0.2) is 0 Å². The number of ether oxygens (including phenoxy) is 1. The Labute approximate surface area is 153 Å². The van der Waals surface area contributed by atoms with Crippen LogP contribution in [-0.2, 0) is 11.2 Å². The van der Waals surface area contributed by atoms with Gasteiger partial charge in [0.05, 0.1) is 18.8 Å². The predicted octanol–water partition coefficient (Wildman–Crippen LogP) is 4.26. The molecule has 2 aromatic rings. The largest absolute Gasteiger partial charge is 0.495 e. The molecule has 5 heteroatoms. The number of carbonyl (C=O) groups excluding carboxylic acids is 1. The van der Waals surface area contributed by atoms with Gasteiger partial charge < -0.3 is 10.1 Å². The predicted molar refractivity (Wildman–Crippen MR) is 101 cm³/mol. The second-order valence-electron chi connectivity index (χ2n) is 6.47. The first-order valence-electron chi connectivity index (χ1n) is 8.48. The summed E-state index contributed by atoms with van der Waals surface area (Å²) in [5.74, 6) is 0.465. The zero-order valence-corrected chi connectivity index (χ0v) is 15.5. The molecule has 4 nitrogen and oxygen atoms in total. The van der Waals surface area contributed by atoms with E-state index in [9.17, 15) is 4.79 Å². The zero-order valence-electron chi connectivity index (χ0n) is 14.7. The van der Waals surface area contributed by atoms with Gasteiger partial charge in [0.25, 0.3) is 0 Å². The highest BCUT2D eigenvalue weighted by Crippen LogP contribution is 2.32. The van der Waals surface area contributed by atoms with Crippen LogP contribution in [-0.4, -0.2) is 19.1 Å². The third kappa shape index (κ3) is 3.80. The minimum absolute atomic E-state index is 0.0931. The van der Waals surface area contributed by atoms with E-state index in [-0.39, 0.29) is 18.0 Å². The third-order valence-electron chi connectivity index (χ3n) is 4.72. The monoisotopic (exact) mass is 358 g/mol. The lowest BCUT2D eigenvalue weighted by atomic mass is 10.1. The number of nitrogens with one attached hydrogen (secondary N) is 2. The van der Waals surface area contributed by atoms with Crippen molar-refractivity contribution in [2.24, 2.45) is 0 Å². The van der Waals surface area contributed by atoms with Crippen LogP contribution in [0.3, 0.4) is 0 Å². The number of carbonyl (C=O) groups is 1. The number of hydrogen-bond acceptors (Lipinski definition) is 3. The van der Waals surface area contributed by atoms with E-state index in [4.69, 9.17) is 16.3 Å². The van der Waals surface area contributed by atoms with Crippen molar-refractivity contribution in [1.29, 1.82) is 0 Å². The minimum atomic E-state index is -0.322. The number of halogens is 1. The first-order chi connectivity index (χ1) is 12.0. The molecule has 0 unspecified atom stereocenters. The average Bonchev–Trinajstić information content (AvgIpc) is 3.01. The van der Waals surface area contributed by atoms with E-state index in [0.29, 0.717) is 16.5 Å². The fourth-order valence-corrected chi connectivity index (χ4v) is 3.43. The quantitative estimate of drug-likeness (QED) is 0.839. The van der Waals surface area contributed by atoms with E-state index < -0.39 is 0 Å². The van der Waals surface area contributed by atoms with Crippen LogP contribution in [0.2, 0.25) is 5.02 Å². The van der Waals surface area contributed by atoms with Gasteiger partial charge in [-0.1, -0.05) is 35.9 Å². The Hall–Kier alpha value is -2.04. The van der Waals surface area contributed by atoms with Crippen molar-refractivity contribution in [3.63, 3.8) is 0 Å². The summed E-state index contributed by atoms with van der Waals surface area (Å²) in [5, 5.41) is 7.00. The van der Waals surface area contributed by atoms with Crippen LogP contribution < -0.4 is 15.4 Å². The molecule has 2 atom stereocenters. The maximum absolute atomic E-state index is 12.6. The fourth-order valence-electron chi connectivity index (χ4n) is 3.28. The second kappa shape index (κ2) is 7.46. The van der Waals surface area contributed by atoms with E-state index in [0.717, 1.165) is 18.4 Å². The summed E-state index contributed by atoms with van der Waals surface area (Å²) < 4.78 is 5.32. The molecule has 1 aliphatic carbocycles. The van der Waals surface area contributed by atoms with Gasteiger partial charge in [0, 0.05) is 17.1 Å². The van der Waals surface area contributed by atoms with Crippen LogP contribution in [0.25, 0.3) is 0 Å². The highest BCUT2D eigenvalue weighted by Gasteiger charge is 2.25. The third-order valence-corrected chi connectivity index (χ3v) is 5.12. The summed E-state index contributed by atoms with van der Waals surface area (Å²) in [6.45, 7) is 3.78. The molecular weight excluding hydrogens is 336 g/mol. The Morgan fingerprint density at radius 1 is 1.32 bits per heavy atom. The summed E-state index contributed by atoms with van der Waals surface area (Å²) in [6, 6.07) is 11.8. The first-order valence-corrected chi connectivity index (χ1v) is 8.86. The maximum atomic E-state index is 12.6. The van der Waals surface area contributed by atoms with Gasteiger partial charge in [0.1, 0.15) is 5.75 Å². The van der Waals surface area contributed by atoms with Crippen LogP contribution in [0.4, 0.5) is 5.69 Å². The molecule has 1 aliphatic rings. The van der Waals surface area contributed by atoms with Crippen LogP contribution in [0.15, 0.2) is 36.4 Å². The van der Waals surface area contributed by atoms with Crippen LogP contribution in [0.1, 0.15) is 36.1 Å². The molecule has 3 rings (SSSR count). The van der Waals surface area contributed by atoms with Crippen molar-refractivity contribution in [2.75, 3.05) is 12.4 Å². The minimum Gasteiger partial charge on any atom is -0.495 e. The van der Waals surface area contributed by atoms with E-state index in [1.54, 1.807) is 13.2 Å². The summed E-state index contributed by atoms with van der Waals surface area (Å²) >= 11 is 6.12. The van der Waals surface area contributed by atoms with Gasteiger partial charge in [-0.2, -0.15) is 0 Å². The van der Waals surface area contributed by atoms with Gasteiger partial charge in [0.15, 0.2) is 0 Å². The first kappa shape index (κ1) is 17.8. The van der Waals surface area contributed by atoms with Gasteiger partial charge in [0.2, 0.25) is 5.91 Å². The Morgan fingerprint density at radius 3 is 2.84 bits per heavy atom. The van der Waals surface area contributed by atoms with Crippen molar-refractivity contribution >= 4 is 23.2 Å². The average molecular weight is 359 g/mol. The van der Waals surface area contributed by atoms with Gasteiger partial charge in [-0.15, -0.1) is 0 Å². The topological polar surface area (TPSA) is 50.4 Å². The van der Waals surface area contributed by atoms with Crippen molar-refractivity contribution in [3.05, 3.63) is 58.1 Å². The lowest BCUT2D eigenvalue weighted by Crippen LogP contribution is -2.39. The van der Waals surface area contributed by atoms with Crippen LogP contribution >= 0.6 is 11.6 Å². The number of amides is 1. The molecule has 0 saturated carbocycles. The zero-order chi connectivity index (χ0) is 18.0. The lowest BCUT2D eigenvalue weighted by Gasteiger charge is -2.21. The van der Waals surface area contributed by atoms with Crippen molar-refractivity contribution in [2.45, 2.75) is 38.8 Å². The van der Waals surface area contributed by atoms with Crippen molar-refractivity contribution in [1.82, 2.24) is 5.32 Å². The number of fused-ring (bicyclic) bond motifs is 1. The van der Waals surface area contributed by atoms with Gasteiger partial charge >= 0.3 is 0 Å². The van der Waals surface area contributed by atoms with E-state index in [1.165, 1.54) is 11.1 Å². The van der Waals surface area contributed by atoms with Gasteiger partial charge in [-0.3, -0.25) is 10.1 Å². The smallest absolute Gasteiger partial charge is 0.241 e. The molecule has 0 spiro atoms. The molecule has 0 aromatic heterocycles. The number of rotatable bonds is 5.